The summed E-state index contributed by atoms with van der Waals surface area (Å²) in [5.41, 5.74) is 0. The third kappa shape index (κ3) is 3.94. The van der Waals surface area contributed by atoms with Crippen molar-refractivity contribution in [2.45, 2.75) is 50.3 Å². The average Bonchev–Trinajstić information content (AvgIpc) is 2.76. The lowest BCUT2D eigenvalue weighted by Crippen LogP contribution is -2.35. The van der Waals surface area contributed by atoms with Crippen molar-refractivity contribution < 1.29 is 4.74 Å². The minimum absolute atomic E-state index is 0.770. The molecule has 2 aliphatic rings. The van der Waals surface area contributed by atoms with Crippen molar-refractivity contribution in [2.75, 3.05) is 25.5 Å². The van der Waals surface area contributed by atoms with Crippen molar-refractivity contribution >= 4 is 11.8 Å². The lowest BCUT2D eigenvalue weighted by atomic mass is 10.0. The topological polar surface area (TPSA) is 21.3 Å². The summed E-state index contributed by atoms with van der Waals surface area (Å²) in [7, 11) is 0. The second-order valence-electron chi connectivity index (χ2n) is 5.08. The first kappa shape index (κ1) is 12.7. The van der Waals surface area contributed by atoms with E-state index < -0.39 is 0 Å². The van der Waals surface area contributed by atoms with E-state index in [0.717, 1.165) is 30.4 Å². The molecule has 3 unspecified atom stereocenters. The van der Waals surface area contributed by atoms with E-state index in [9.17, 15) is 0 Å². The van der Waals surface area contributed by atoms with E-state index in [2.05, 4.69) is 24.0 Å². The highest BCUT2D eigenvalue weighted by Crippen LogP contribution is 2.29. The first-order valence-electron chi connectivity index (χ1n) is 6.81. The molecule has 1 aliphatic heterocycles. The average molecular weight is 243 g/mol. The van der Waals surface area contributed by atoms with Crippen molar-refractivity contribution in [3.8, 4) is 0 Å². The van der Waals surface area contributed by atoms with E-state index in [1.165, 1.54) is 44.4 Å². The molecule has 0 amide bonds. The molecule has 0 aromatic carbocycles. The van der Waals surface area contributed by atoms with Gasteiger partial charge in [-0.15, -0.1) is 0 Å². The van der Waals surface area contributed by atoms with Crippen LogP contribution < -0.4 is 5.32 Å². The largest absolute Gasteiger partial charge is 0.381 e. The van der Waals surface area contributed by atoms with Crippen LogP contribution in [0.1, 0.15) is 39.0 Å². The normalized spacial score (nSPS) is 35.4. The summed E-state index contributed by atoms with van der Waals surface area (Å²) in [6.07, 6.45) is 6.78. The summed E-state index contributed by atoms with van der Waals surface area (Å²) < 4.78 is 5.51. The molecule has 0 aromatic heterocycles. The monoisotopic (exact) mass is 243 g/mol. The quantitative estimate of drug-likeness (QED) is 0.802. The Morgan fingerprint density at radius 3 is 3.00 bits per heavy atom. The van der Waals surface area contributed by atoms with Crippen molar-refractivity contribution in [1.29, 1.82) is 0 Å². The maximum absolute atomic E-state index is 5.51. The van der Waals surface area contributed by atoms with Gasteiger partial charge in [0.2, 0.25) is 0 Å². The molecule has 94 valence electrons. The molecule has 1 saturated carbocycles. The number of ether oxygens (including phenoxy) is 1. The third-order valence-corrected chi connectivity index (χ3v) is 4.97. The Morgan fingerprint density at radius 1 is 1.31 bits per heavy atom. The Bertz CT molecular complexity index is 194. The zero-order chi connectivity index (χ0) is 11.2. The van der Waals surface area contributed by atoms with Crippen LogP contribution in [0.2, 0.25) is 0 Å². The van der Waals surface area contributed by atoms with Gasteiger partial charge in [-0.2, -0.15) is 11.8 Å². The standard InChI is InChI=1S/C13H25NOS/c1-2-16-13-6-5-12(8-13)14-9-11-4-3-7-15-10-11/h11-14H,2-10H2,1H3. The van der Waals surface area contributed by atoms with Crippen molar-refractivity contribution in [1.82, 2.24) is 5.32 Å². The van der Waals surface area contributed by atoms with Crippen LogP contribution in [-0.4, -0.2) is 36.8 Å². The molecule has 2 rings (SSSR count). The maximum Gasteiger partial charge on any atom is 0.0506 e. The molecular weight excluding hydrogens is 218 g/mol. The first-order valence-corrected chi connectivity index (χ1v) is 7.86. The SMILES string of the molecule is CCSC1CCC(NCC2CCCOC2)C1. The molecule has 3 atom stereocenters. The molecule has 0 radical (unpaired) electrons. The Kier molecular flexibility index (Phi) is 5.46. The Labute approximate surface area is 104 Å². The summed E-state index contributed by atoms with van der Waals surface area (Å²) in [5.74, 6) is 2.04. The smallest absolute Gasteiger partial charge is 0.0506 e. The lowest BCUT2D eigenvalue weighted by molar-refractivity contribution is 0.0539. The molecule has 1 aliphatic carbocycles. The van der Waals surface area contributed by atoms with Crippen LogP contribution in [0.15, 0.2) is 0 Å². The van der Waals surface area contributed by atoms with Crippen LogP contribution in [0.5, 0.6) is 0 Å². The molecule has 2 fully saturated rings. The zero-order valence-electron chi connectivity index (χ0n) is 10.4. The van der Waals surface area contributed by atoms with Crippen LogP contribution in [0.25, 0.3) is 0 Å². The highest BCUT2D eigenvalue weighted by Gasteiger charge is 2.25. The molecule has 1 N–H and O–H groups in total. The van der Waals surface area contributed by atoms with Gasteiger partial charge in [-0.05, 0) is 43.8 Å². The van der Waals surface area contributed by atoms with Gasteiger partial charge in [0.15, 0.2) is 0 Å². The molecule has 1 heterocycles. The van der Waals surface area contributed by atoms with E-state index >= 15 is 0 Å². The van der Waals surface area contributed by atoms with Crippen LogP contribution in [0.4, 0.5) is 0 Å². The number of thioether (sulfide) groups is 1. The van der Waals surface area contributed by atoms with Gasteiger partial charge in [0.1, 0.15) is 0 Å². The summed E-state index contributed by atoms with van der Waals surface area (Å²) >= 11 is 2.14. The minimum atomic E-state index is 0.770. The number of nitrogens with one attached hydrogen (secondary N) is 1. The fourth-order valence-electron chi connectivity index (χ4n) is 2.81. The fraction of sp³-hybridized carbons (Fsp3) is 1.00. The van der Waals surface area contributed by atoms with E-state index in [1.807, 2.05) is 0 Å². The predicted octanol–water partition coefficient (Wildman–Crippen LogP) is 2.68. The summed E-state index contributed by atoms with van der Waals surface area (Å²) in [5, 5.41) is 4.67. The highest BCUT2D eigenvalue weighted by atomic mass is 32.2. The van der Waals surface area contributed by atoms with Gasteiger partial charge in [-0.1, -0.05) is 6.92 Å². The molecule has 0 aromatic rings. The fourth-order valence-corrected chi connectivity index (χ4v) is 3.96. The van der Waals surface area contributed by atoms with Gasteiger partial charge in [-0.3, -0.25) is 0 Å². The van der Waals surface area contributed by atoms with Crippen molar-refractivity contribution in [3.63, 3.8) is 0 Å². The van der Waals surface area contributed by atoms with Gasteiger partial charge in [0.25, 0.3) is 0 Å². The first-order chi connectivity index (χ1) is 7.88. The van der Waals surface area contributed by atoms with Crippen LogP contribution >= 0.6 is 11.8 Å². The summed E-state index contributed by atoms with van der Waals surface area (Å²) in [4.78, 5) is 0. The van der Waals surface area contributed by atoms with Gasteiger partial charge in [-0.25, -0.2) is 0 Å². The lowest BCUT2D eigenvalue weighted by Gasteiger charge is -2.24. The Hall–Kier alpha value is 0.270. The van der Waals surface area contributed by atoms with E-state index in [-0.39, 0.29) is 0 Å². The second kappa shape index (κ2) is 6.87. The summed E-state index contributed by atoms with van der Waals surface area (Å²) in [6.45, 7) is 5.40. The van der Waals surface area contributed by atoms with Crippen LogP contribution in [0.3, 0.4) is 0 Å². The highest BCUT2D eigenvalue weighted by molar-refractivity contribution is 7.99. The molecule has 3 heteroatoms. The predicted molar refractivity (Wildman–Crippen MR) is 71.1 cm³/mol. The molecular formula is C13H25NOS. The van der Waals surface area contributed by atoms with E-state index in [4.69, 9.17) is 4.74 Å². The molecule has 16 heavy (non-hydrogen) atoms. The summed E-state index contributed by atoms with van der Waals surface area (Å²) in [6, 6.07) is 0.783. The van der Waals surface area contributed by atoms with Crippen LogP contribution in [-0.2, 0) is 4.74 Å². The van der Waals surface area contributed by atoms with Crippen molar-refractivity contribution in [2.24, 2.45) is 5.92 Å². The van der Waals surface area contributed by atoms with Crippen molar-refractivity contribution in [3.05, 3.63) is 0 Å². The van der Waals surface area contributed by atoms with E-state index in [1.54, 1.807) is 0 Å². The third-order valence-electron chi connectivity index (χ3n) is 3.74. The molecule has 0 bridgehead atoms. The van der Waals surface area contributed by atoms with Gasteiger partial charge >= 0.3 is 0 Å². The Balaban J connectivity index is 1.59. The number of rotatable bonds is 5. The van der Waals surface area contributed by atoms with Gasteiger partial charge in [0.05, 0.1) is 6.61 Å². The minimum Gasteiger partial charge on any atom is -0.381 e. The van der Waals surface area contributed by atoms with Gasteiger partial charge < -0.3 is 10.1 Å². The van der Waals surface area contributed by atoms with Gasteiger partial charge in [0, 0.05) is 24.4 Å². The molecule has 0 spiro atoms. The van der Waals surface area contributed by atoms with E-state index in [0.29, 0.717) is 0 Å². The number of hydrogen-bond acceptors (Lipinski definition) is 3. The molecule has 1 saturated heterocycles. The van der Waals surface area contributed by atoms with Crippen LogP contribution in [0, 0.1) is 5.92 Å². The molecule has 2 nitrogen and oxygen atoms in total. The second-order valence-corrected chi connectivity index (χ2v) is 6.66. The zero-order valence-corrected chi connectivity index (χ0v) is 11.2. The Morgan fingerprint density at radius 2 is 2.25 bits per heavy atom. The number of hydrogen-bond donors (Lipinski definition) is 1. The maximum atomic E-state index is 5.51.